The van der Waals surface area contributed by atoms with E-state index in [2.05, 4.69) is 83.3 Å². The summed E-state index contributed by atoms with van der Waals surface area (Å²) in [5.74, 6) is -2.70. The summed E-state index contributed by atoms with van der Waals surface area (Å²) in [6, 6.07) is -1.29. The number of hydrogen-bond donors (Lipinski definition) is 4. The molecule has 0 radical (unpaired) electrons. The highest BCUT2D eigenvalue weighted by atomic mass is 16.5. The summed E-state index contributed by atoms with van der Waals surface area (Å²) in [7, 11) is 0. The zero-order valence-corrected chi connectivity index (χ0v) is 27.1. The summed E-state index contributed by atoms with van der Waals surface area (Å²) in [5, 5.41) is 35.3. The second-order valence-corrected chi connectivity index (χ2v) is 10.4. The van der Waals surface area contributed by atoms with Crippen LogP contribution in [0, 0.1) is 18.0 Å². The van der Waals surface area contributed by atoms with Gasteiger partial charge in [0.2, 0.25) is 17.8 Å². The van der Waals surface area contributed by atoms with Gasteiger partial charge in [0.1, 0.15) is 6.04 Å². The van der Waals surface area contributed by atoms with Gasteiger partial charge in [0.05, 0.1) is 26.0 Å². The monoisotopic (exact) mass is 638 g/mol. The van der Waals surface area contributed by atoms with Gasteiger partial charge in [-0.25, -0.2) is 9.78 Å². The molecule has 0 spiro atoms. The predicted octanol–water partition coefficient (Wildman–Crippen LogP) is 3.86. The lowest BCUT2D eigenvalue weighted by atomic mass is 10.2. The predicted molar refractivity (Wildman–Crippen MR) is 178 cm³/mol. The van der Waals surface area contributed by atoms with Crippen LogP contribution in [0.5, 0.6) is 0 Å². The number of aliphatic hydroxyl groups excluding tert-OH is 2. The van der Waals surface area contributed by atoms with Crippen LogP contribution in [0.4, 0.5) is 0 Å². The van der Waals surface area contributed by atoms with E-state index in [0.717, 1.165) is 44.7 Å². The average Bonchev–Trinajstić information content (AvgIpc) is 3.05. The van der Waals surface area contributed by atoms with Crippen molar-refractivity contribution in [3.05, 3.63) is 102 Å². The summed E-state index contributed by atoms with van der Waals surface area (Å²) in [6.07, 6.45) is 33.7. The topological polar surface area (TPSA) is 165 Å². The van der Waals surface area contributed by atoms with E-state index in [1.807, 2.05) is 12.2 Å². The molecule has 1 rings (SSSR count). The molecule has 1 heterocycles. The maximum Gasteiger partial charge on any atom is 0.330 e. The van der Waals surface area contributed by atoms with Crippen molar-refractivity contribution in [3.63, 3.8) is 0 Å². The number of aryl methyl sites for hydroxylation is 1. The lowest BCUT2D eigenvalue weighted by molar-refractivity contribution is -0.613. The first-order chi connectivity index (χ1) is 22.3. The molecule has 0 saturated heterocycles. The molecule has 252 valence electrons. The molecule has 0 bridgehead atoms. The van der Waals surface area contributed by atoms with Gasteiger partial charge >= 0.3 is 5.97 Å². The second-order valence-electron chi connectivity index (χ2n) is 10.4. The minimum Gasteiger partial charge on any atom is -0.618 e. The number of nitrogens with one attached hydrogen (secondary N) is 2. The SMILES string of the molecule is CCC=CCC=CCC=CCC=CCC=CCC=CCCC(=O)NCC(NC(=O)c1c[n+]([O-])c(C)cn1)C(=O)OCC(CO)CO. The maximum absolute atomic E-state index is 12.7. The van der Waals surface area contributed by atoms with Gasteiger partial charge < -0.3 is 30.8 Å². The summed E-state index contributed by atoms with van der Waals surface area (Å²) >= 11 is 0. The quantitative estimate of drug-likeness (QED) is 0.0607. The van der Waals surface area contributed by atoms with Crippen molar-refractivity contribution in [1.29, 1.82) is 0 Å². The van der Waals surface area contributed by atoms with Crippen LogP contribution in [0.15, 0.2) is 85.3 Å². The highest BCUT2D eigenvalue weighted by Gasteiger charge is 2.26. The van der Waals surface area contributed by atoms with Gasteiger partial charge in [0, 0.05) is 25.8 Å². The fourth-order valence-electron chi connectivity index (χ4n) is 3.63. The Bertz CT molecular complexity index is 1220. The number of aromatic nitrogens is 2. The molecule has 4 N–H and O–H groups in total. The molecule has 1 aromatic rings. The number of nitrogens with zero attached hydrogens (tertiary/aromatic N) is 2. The molecule has 1 unspecified atom stereocenters. The van der Waals surface area contributed by atoms with Gasteiger partial charge in [-0.3, -0.25) is 9.59 Å². The van der Waals surface area contributed by atoms with E-state index in [-0.39, 0.29) is 36.9 Å². The number of rotatable bonds is 23. The average molecular weight is 639 g/mol. The van der Waals surface area contributed by atoms with Crippen molar-refractivity contribution in [2.24, 2.45) is 5.92 Å². The van der Waals surface area contributed by atoms with Crippen molar-refractivity contribution >= 4 is 17.8 Å². The zero-order chi connectivity index (χ0) is 33.8. The molecule has 0 aliphatic heterocycles. The molecule has 11 heteroatoms. The fraction of sp³-hybridized carbons (Fsp3) is 0.457. The van der Waals surface area contributed by atoms with Gasteiger partial charge in [-0.2, -0.15) is 4.73 Å². The summed E-state index contributed by atoms with van der Waals surface area (Å²) in [6.45, 7) is 2.31. The van der Waals surface area contributed by atoms with Crippen molar-refractivity contribution in [2.45, 2.75) is 71.3 Å². The molecular weight excluding hydrogens is 588 g/mol. The molecule has 0 saturated carbocycles. The first kappa shape index (κ1) is 39.7. The number of ether oxygens (including phenoxy) is 1. The molecule has 11 nitrogen and oxygen atoms in total. The molecule has 0 aromatic carbocycles. The fourth-order valence-corrected chi connectivity index (χ4v) is 3.63. The summed E-state index contributed by atoms with van der Waals surface area (Å²) < 4.78 is 5.59. The smallest absolute Gasteiger partial charge is 0.330 e. The van der Waals surface area contributed by atoms with Crippen LogP contribution in [0.2, 0.25) is 0 Å². The van der Waals surface area contributed by atoms with E-state index < -0.39 is 37.0 Å². The molecular formula is C35H50N4O7. The van der Waals surface area contributed by atoms with E-state index in [9.17, 15) is 29.8 Å². The first-order valence-corrected chi connectivity index (χ1v) is 15.7. The molecule has 46 heavy (non-hydrogen) atoms. The lowest BCUT2D eigenvalue weighted by Crippen LogP contribution is -2.50. The number of hydrogen-bond acceptors (Lipinski definition) is 8. The van der Waals surface area contributed by atoms with Gasteiger partial charge in [-0.15, -0.1) is 0 Å². The highest BCUT2D eigenvalue weighted by Crippen LogP contribution is 2.01. The van der Waals surface area contributed by atoms with Crippen molar-refractivity contribution in [2.75, 3.05) is 26.4 Å². The van der Waals surface area contributed by atoms with Crippen LogP contribution < -0.4 is 15.4 Å². The van der Waals surface area contributed by atoms with Crippen LogP contribution in [-0.4, -0.2) is 65.4 Å². The Kier molecular flexibility index (Phi) is 22.4. The van der Waals surface area contributed by atoms with Crippen LogP contribution >= 0.6 is 0 Å². The Labute approximate surface area is 272 Å². The molecule has 2 amide bonds. The third kappa shape index (κ3) is 19.1. The molecule has 0 aliphatic carbocycles. The Morgan fingerprint density at radius 1 is 0.891 bits per heavy atom. The van der Waals surface area contributed by atoms with Crippen molar-refractivity contribution < 1.29 is 34.1 Å². The Balaban J connectivity index is 2.40. The molecule has 0 aliphatic rings. The van der Waals surface area contributed by atoms with Gasteiger partial charge in [-0.1, -0.05) is 79.8 Å². The van der Waals surface area contributed by atoms with E-state index in [0.29, 0.717) is 11.2 Å². The molecule has 1 atom stereocenters. The van der Waals surface area contributed by atoms with Gasteiger partial charge in [0.15, 0.2) is 5.69 Å². The molecule has 1 aromatic heterocycles. The number of carbonyl (C=O) groups excluding carboxylic acids is 3. The maximum atomic E-state index is 12.7. The van der Waals surface area contributed by atoms with E-state index in [1.165, 1.54) is 13.1 Å². The lowest BCUT2D eigenvalue weighted by Gasteiger charge is -2.19. The van der Waals surface area contributed by atoms with Crippen LogP contribution in [0.1, 0.15) is 74.5 Å². The highest BCUT2D eigenvalue weighted by molar-refractivity contribution is 5.95. The Hall–Kier alpha value is -4.35. The number of allylic oxidation sites excluding steroid dienone is 12. The van der Waals surface area contributed by atoms with E-state index in [1.54, 1.807) is 0 Å². The van der Waals surface area contributed by atoms with Crippen molar-refractivity contribution in [1.82, 2.24) is 15.6 Å². The summed E-state index contributed by atoms with van der Waals surface area (Å²) in [5.41, 5.74) is 0.0664. The van der Waals surface area contributed by atoms with Gasteiger partial charge in [0.25, 0.3) is 5.91 Å². The second kappa shape index (κ2) is 25.9. The van der Waals surface area contributed by atoms with E-state index in [4.69, 9.17) is 4.74 Å². The third-order valence-corrected chi connectivity index (χ3v) is 6.42. The molecule has 0 fully saturated rings. The number of amides is 2. The van der Waals surface area contributed by atoms with Crippen LogP contribution in [-0.2, 0) is 14.3 Å². The summed E-state index contributed by atoms with van der Waals surface area (Å²) in [4.78, 5) is 41.6. The van der Waals surface area contributed by atoms with Crippen molar-refractivity contribution in [3.8, 4) is 0 Å². The normalized spacial score (nSPS) is 12.9. The van der Waals surface area contributed by atoms with E-state index >= 15 is 0 Å². The number of esters is 1. The van der Waals surface area contributed by atoms with Crippen LogP contribution in [0.3, 0.4) is 0 Å². The minimum absolute atomic E-state index is 0.171. The van der Waals surface area contributed by atoms with Crippen LogP contribution in [0.25, 0.3) is 0 Å². The number of aliphatic hydroxyl groups is 2. The Morgan fingerprint density at radius 2 is 1.41 bits per heavy atom. The van der Waals surface area contributed by atoms with Gasteiger partial charge in [-0.05, 0) is 44.9 Å². The Morgan fingerprint density at radius 3 is 1.91 bits per heavy atom. The number of carbonyl (C=O) groups is 3. The zero-order valence-electron chi connectivity index (χ0n) is 27.1. The third-order valence-electron chi connectivity index (χ3n) is 6.42. The minimum atomic E-state index is -1.29. The largest absolute Gasteiger partial charge is 0.618 e. The first-order valence-electron chi connectivity index (χ1n) is 15.7. The standard InChI is InChI=1S/C35H50N4O7/c1-3-4-5-6-7-8-9-10-11-12-13-14-15-16-17-18-19-20-21-22-33(42)37-24-31(35(44)46-28-30(26-40)27-41)38-34(43)32-25-39(45)29(2)23-36-32/h4-5,7-8,10-11,13-14,16-17,19-20,23,25,30-31,40-41H,3,6,9,12,15,18,21-22,24,26-28H2,1-2H3,(H,37,42)(H,38,43).